The van der Waals surface area contributed by atoms with Crippen LogP contribution in [0.4, 0.5) is 0 Å². The molecule has 0 aliphatic carbocycles. The zero-order chi connectivity index (χ0) is 25.6. The molecule has 0 spiro atoms. The second-order valence-corrected chi connectivity index (χ2v) is 14.1. The smallest absolute Gasteiger partial charge is 0.222 e. The molecule has 0 amide bonds. The Morgan fingerprint density at radius 2 is 1.56 bits per heavy atom. The summed E-state index contributed by atoms with van der Waals surface area (Å²) < 4.78 is 8.60. The van der Waals surface area contributed by atoms with E-state index in [1.54, 1.807) is 0 Å². The summed E-state index contributed by atoms with van der Waals surface area (Å²) in [6, 6.07) is 13.6. The number of pyridine rings is 1. The second-order valence-electron chi connectivity index (χ2n) is 13.0. The lowest BCUT2D eigenvalue weighted by atomic mass is 9.83. The molecule has 2 nitrogen and oxygen atoms in total. The van der Waals surface area contributed by atoms with Gasteiger partial charge in [-0.05, 0) is 64.1 Å². The van der Waals surface area contributed by atoms with Crippen molar-refractivity contribution in [2.24, 2.45) is 17.9 Å². The van der Waals surface area contributed by atoms with Gasteiger partial charge in [-0.3, -0.25) is 0 Å². The molecule has 1 aliphatic rings. The molecule has 3 heterocycles. The van der Waals surface area contributed by atoms with Crippen LogP contribution < -0.4 is 4.57 Å². The highest BCUT2D eigenvalue weighted by molar-refractivity contribution is 8.00. The summed E-state index contributed by atoms with van der Waals surface area (Å²) >= 11 is 1.97. The van der Waals surface area contributed by atoms with E-state index in [9.17, 15) is 0 Å². The summed E-state index contributed by atoms with van der Waals surface area (Å²) in [5.74, 6) is 0. The van der Waals surface area contributed by atoms with E-state index < -0.39 is 0 Å². The Labute approximate surface area is 218 Å². The van der Waals surface area contributed by atoms with Gasteiger partial charge < -0.3 is 4.42 Å². The van der Waals surface area contributed by atoms with Crippen molar-refractivity contribution in [2.45, 2.75) is 71.1 Å². The van der Waals surface area contributed by atoms with Gasteiger partial charge in [0.05, 0.1) is 17.2 Å². The van der Waals surface area contributed by atoms with E-state index in [-0.39, 0.29) is 10.8 Å². The molecule has 3 aromatic carbocycles. The van der Waals surface area contributed by atoms with Crippen molar-refractivity contribution < 1.29 is 8.98 Å². The fourth-order valence-corrected chi connectivity index (χ4v) is 7.38. The quantitative estimate of drug-likeness (QED) is 0.223. The number of benzene rings is 3. The van der Waals surface area contributed by atoms with E-state index in [1.807, 2.05) is 18.0 Å². The fourth-order valence-electron chi connectivity index (χ4n) is 6.01. The third kappa shape index (κ3) is 3.66. The standard InChI is InChI=1S/C33H36NOS/c1-19-21-11-9-10-12-22(21)25(17-33(5,6)7)31-27(19)29-28-23(13-14-34(29)8)30-24(15-26(28)36-31)20(18-35-30)16-32(2,3)4/h9-15,18H,16-17H2,1-8H3/q+1. The van der Waals surface area contributed by atoms with Gasteiger partial charge in [-0.1, -0.05) is 77.6 Å². The van der Waals surface area contributed by atoms with Crippen molar-refractivity contribution in [3.05, 3.63) is 65.5 Å². The predicted octanol–water partition coefficient (Wildman–Crippen LogP) is 9.18. The van der Waals surface area contributed by atoms with Crippen molar-refractivity contribution in [2.75, 3.05) is 0 Å². The molecular weight excluding hydrogens is 458 g/mol. The number of hydrogen-bond donors (Lipinski definition) is 0. The molecule has 1 aliphatic heterocycles. The Kier molecular flexibility index (Phi) is 5.15. The first-order valence-electron chi connectivity index (χ1n) is 13.0. The van der Waals surface area contributed by atoms with E-state index in [0.29, 0.717) is 0 Å². The Morgan fingerprint density at radius 3 is 2.25 bits per heavy atom. The van der Waals surface area contributed by atoms with Gasteiger partial charge in [0.15, 0.2) is 6.20 Å². The van der Waals surface area contributed by atoms with Gasteiger partial charge in [-0.2, -0.15) is 0 Å². The van der Waals surface area contributed by atoms with Crippen LogP contribution in [0.1, 0.15) is 58.2 Å². The van der Waals surface area contributed by atoms with Crippen LogP contribution in [0.25, 0.3) is 43.8 Å². The van der Waals surface area contributed by atoms with E-state index >= 15 is 0 Å². The van der Waals surface area contributed by atoms with E-state index in [1.165, 1.54) is 64.7 Å². The minimum atomic E-state index is 0.190. The van der Waals surface area contributed by atoms with E-state index in [4.69, 9.17) is 4.42 Å². The van der Waals surface area contributed by atoms with Gasteiger partial charge in [-0.25, -0.2) is 4.57 Å². The first kappa shape index (κ1) is 23.6. The molecular formula is C33H36NOS+. The molecule has 0 atom stereocenters. The Balaban J connectivity index is 1.74. The summed E-state index contributed by atoms with van der Waals surface area (Å²) in [6.45, 7) is 16.3. The summed E-state index contributed by atoms with van der Waals surface area (Å²) in [7, 11) is 2.19. The zero-order valence-electron chi connectivity index (χ0n) is 22.8. The molecule has 0 radical (unpaired) electrons. The van der Waals surface area contributed by atoms with Crippen LogP contribution in [0.2, 0.25) is 0 Å². The zero-order valence-corrected chi connectivity index (χ0v) is 23.6. The van der Waals surface area contributed by atoms with Gasteiger partial charge in [-0.15, -0.1) is 0 Å². The van der Waals surface area contributed by atoms with Crippen LogP contribution in [0.3, 0.4) is 0 Å². The monoisotopic (exact) mass is 494 g/mol. The van der Waals surface area contributed by atoms with Crippen LogP contribution in [-0.4, -0.2) is 0 Å². The van der Waals surface area contributed by atoms with Crippen molar-refractivity contribution in [1.29, 1.82) is 0 Å². The van der Waals surface area contributed by atoms with Crippen molar-refractivity contribution >= 4 is 44.3 Å². The maximum absolute atomic E-state index is 6.29. The van der Waals surface area contributed by atoms with E-state index in [0.717, 1.165) is 18.4 Å². The third-order valence-corrected chi connectivity index (χ3v) is 8.61. The lowest BCUT2D eigenvalue weighted by molar-refractivity contribution is -0.659. The molecule has 0 N–H and O–H groups in total. The van der Waals surface area contributed by atoms with Crippen LogP contribution in [-0.2, 0) is 19.9 Å². The number of aryl methyl sites for hydroxylation is 2. The molecule has 0 saturated carbocycles. The van der Waals surface area contributed by atoms with Crippen molar-refractivity contribution in [3.8, 4) is 11.3 Å². The number of rotatable bonds is 2. The average molecular weight is 495 g/mol. The summed E-state index contributed by atoms with van der Waals surface area (Å²) in [5.41, 5.74) is 8.27. The first-order valence-corrected chi connectivity index (χ1v) is 13.8. The molecule has 0 fully saturated rings. The van der Waals surface area contributed by atoms with Crippen LogP contribution >= 0.6 is 11.8 Å². The molecule has 6 rings (SSSR count). The van der Waals surface area contributed by atoms with Crippen molar-refractivity contribution in [3.63, 3.8) is 0 Å². The van der Waals surface area contributed by atoms with Crippen LogP contribution in [0.5, 0.6) is 0 Å². The molecule has 3 heteroatoms. The maximum Gasteiger partial charge on any atom is 0.222 e. The lowest BCUT2D eigenvalue weighted by Crippen LogP contribution is -2.32. The summed E-state index contributed by atoms with van der Waals surface area (Å²) in [4.78, 5) is 2.77. The topological polar surface area (TPSA) is 17.0 Å². The van der Waals surface area contributed by atoms with Gasteiger partial charge in [0, 0.05) is 26.6 Å². The molecule has 184 valence electrons. The maximum atomic E-state index is 6.29. The molecule has 36 heavy (non-hydrogen) atoms. The van der Waals surface area contributed by atoms with Gasteiger partial charge in [0.25, 0.3) is 0 Å². The molecule has 0 saturated heterocycles. The number of furan rings is 1. The summed E-state index contributed by atoms with van der Waals surface area (Å²) in [5, 5.41) is 6.56. The lowest BCUT2D eigenvalue weighted by Gasteiger charge is -2.28. The second kappa shape index (κ2) is 7.86. The Morgan fingerprint density at radius 1 is 0.861 bits per heavy atom. The Hall–Kier alpha value is -2.78. The van der Waals surface area contributed by atoms with Gasteiger partial charge in [0.2, 0.25) is 5.69 Å². The highest BCUT2D eigenvalue weighted by Gasteiger charge is 2.34. The number of nitrogens with zero attached hydrogens (tertiary/aromatic N) is 1. The van der Waals surface area contributed by atoms with Crippen molar-refractivity contribution in [1.82, 2.24) is 0 Å². The number of fused-ring (bicyclic) bond motifs is 5. The summed E-state index contributed by atoms with van der Waals surface area (Å²) in [6.07, 6.45) is 6.25. The molecule has 5 aromatic rings. The number of hydrogen-bond acceptors (Lipinski definition) is 2. The SMILES string of the molecule is Cc1c2c(c(CC(C)(C)C)c3ccccc13)Sc1cc3c(CC(C)(C)C)coc3c3cc[n+](C)c-2c13. The Bertz CT molecular complexity index is 1690. The molecule has 0 unspecified atom stereocenters. The fraction of sp³-hybridized carbons (Fsp3) is 0.364. The minimum Gasteiger partial charge on any atom is -0.463 e. The van der Waals surface area contributed by atoms with E-state index in [2.05, 4.69) is 103 Å². The predicted molar refractivity (Wildman–Crippen MR) is 153 cm³/mol. The van der Waals surface area contributed by atoms with Gasteiger partial charge in [0.1, 0.15) is 12.6 Å². The average Bonchev–Trinajstić information content (AvgIpc) is 3.18. The van der Waals surface area contributed by atoms with Gasteiger partial charge >= 0.3 is 0 Å². The van der Waals surface area contributed by atoms with Crippen LogP contribution in [0.15, 0.2) is 63.1 Å². The first-order chi connectivity index (χ1) is 16.9. The largest absolute Gasteiger partial charge is 0.463 e. The van der Waals surface area contributed by atoms with Crippen LogP contribution in [0, 0.1) is 17.8 Å². The highest BCUT2D eigenvalue weighted by Crippen LogP contribution is 2.53. The highest BCUT2D eigenvalue weighted by atomic mass is 32.2. The molecule has 0 bridgehead atoms. The minimum absolute atomic E-state index is 0.190. The normalized spacial score (nSPS) is 13.7. The number of aromatic nitrogens is 1. The molecule has 2 aromatic heterocycles. The third-order valence-electron chi connectivity index (χ3n) is 7.41.